The summed E-state index contributed by atoms with van der Waals surface area (Å²) >= 11 is 0. The number of amides is 2. The van der Waals surface area contributed by atoms with E-state index in [0.717, 1.165) is 17.5 Å². The number of rotatable bonds is 6. The molecule has 4 rings (SSSR count). The molecule has 1 aromatic heterocycles. The van der Waals surface area contributed by atoms with Gasteiger partial charge in [-0.3, -0.25) is 9.59 Å². The summed E-state index contributed by atoms with van der Waals surface area (Å²) in [5.41, 5.74) is 2.03. The Balaban J connectivity index is 1.55. The lowest BCUT2D eigenvalue weighted by atomic mass is 10.2. The number of carbonyl (C=O) groups is 2. The number of ether oxygens (including phenoxy) is 1. The van der Waals surface area contributed by atoms with Crippen molar-refractivity contribution in [1.29, 1.82) is 0 Å². The van der Waals surface area contributed by atoms with Gasteiger partial charge >= 0.3 is 0 Å². The maximum absolute atomic E-state index is 13.1. The first-order chi connectivity index (χ1) is 14.5. The van der Waals surface area contributed by atoms with Crippen molar-refractivity contribution in [1.82, 2.24) is 14.9 Å². The molecular weight excluding hydrogens is 387 g/mol. The van der Waals surface area contributed by atoms with E-state index in [0.29, 0.717) is 24.5 Å². The smallest absolute Gasteiger partial charge is 0.249 e. The average molecular weight is 410 g/mol. The number of hydrogen-bond acceptors (Lipinski definition) is 4. The van der Waals surface area contributed by atoms with E-state index in [2.05, 4.69) is 15.6 Å². The summed E-state index contributed by atoms with van der Waals surface area (Å²) in [6.45, 7) is 2.43. The molecule has 7 nitrogen and oxygen atoms in total. The minimum atomic E-state index is -0.438. The lowest BCUT2D eigenvalue weighted by molar-refractivity contribution is -0.130. The molecule has 2 N–H and O–H groups in total. The van der Waals surface area contributed by atoms with E-state index in [1.807, 2.05) is 31.2 Å². The number of carbonyl (C=O) groups excluding carboxylic acids is 2. The normalized spacial score (nSPS) is 17.1. The van der Waals surface area contributed by atoms with E-state index in [4.69, 9.17) is 4.74 Å². The molecule has 156 valence electrons. The topological polar surface area (TPSA) is 85.2 Å². The van der Waals surface area contributed by atoms with Crippen LogP contribution in [0.25, 0.3) is 11.0 Å². The van der Waals surface area contributed by atoms with Gasteiger partial charge in [0, 0.05) is 12.3 Å². The van der Waals surface area contributed by atoms with Gasteiger partial charge in [-0.1, -0.05) is 12.1 Å². The monoisotopic (exact) mass is 410 g/mol. The molecule has 0 spiro atoms. The number of anilines is 1. The Labute approximate surface area is 173 Å². The van der Waals surface area contributed by atoms with Crippen LogP contribution in [-0.4, -0.2) is 34.1 Å². The lowest BCUT2D eigenvalue weighted by Gasteiger charge is -2.18. The van der Waals surface area contributed by atoms with E-state index < -0.39 is 12.1 Å². The lowest BCUT2D eigenvalue weighted by Crippen LogP contribution is -2.37. The summed E-state index contributed by atoms with van der Waals surface area (Å²) in [5, 5.41) is 5.71. The molecule has 30 heavy (non-hydrogen) atoms. The SMILES string of the molecule is CC(NC(=O)C1CCCO1)c1nc2ccccc2n1CC(=O)Nc1ccc(F)cc1. The van der Waals surface area contributed by atoms with Gasteiger partial charge in [-0.05, 0) is 56.2 Å². The highest BCUT2D eigenvalue weighted by atomic mass is 19.1. The fourth-order valence-electron chi connectivity index (χ4n) is 3.62. The van der Waals surface area contributed by atoms with Crippen molar-refractivity contribution in [3.8, 4) is 0 Å². The first kappa shape index (κ1) is 20.0. The predicted octanol–water partition coefficient (Wildman–Crippen LogP) is 3.17. The molecule has 0 saturated carbocycles. The maximum Gasteiger partial charge on any atom is 0.249 e. The Kier molecular flexibility index (Phi) is 5.76. The molecule has 0 aliphatic carbocycles. The maximum atomic E-state index is 13.1. The van der Waals surface area contributed by atoms with Crippen LogP contribution in [0.2, 0.25) is 0 Å². The van der Waals surface area contributed by atoms with Crippen molar-refractivity contribution in [3.05, 3.63) is 60.2 Å². The number of halogens is 1. The number of nitrogens with zero attached hydrogens (tertiary/aromatic N) is 2. The van der Waals surface area contributed by atoms with Crippen LogP contribution in [0, 0.1) is 5.82 Å². The number of nitrogens with one attached hydrogen (secondary N) is 2. The molecule has 2 aromatic carbocycles. The molecule has 2 heterocycles. The Morgan fingerprint density at radius 2 is 2.00 bits per heavy atom. The van der Waals surface area contributed by atoms with Crippen LogP contribution in [0.3, 0.4) is 0 Å². The molecule has 1 fully saturated rings. The molecule has 0 radical (unpaired) electrons. The van der Waals surface area contributed by atoms with Gasteiger partial charge in [0.1, 0.15) is 24.3 Å². The van der Waals surface area contributed by atoms with Crippen LogP contribution >= 0.6 is 0 Å². The Morgan fingerprint density at radius 1 is 1.23 bits per heavy atom. The second-order valence-corrected chi connectivity index (χ2v) is 7.33. The van der Waals surface area contributed by atoms with E-state index >= 15 is 0 Å². The van der Waals surface area contributed by atoms with E-state index in [9.17, 15) is 14.0 Å². The molecule has 0 bridgehead atoms. The van der Waals surface area contributed by atoms with Crippen molar-refractivity contribution in [2.75, 3.05) is 11.9 Å². The van der Waals surface area contributed by atoms with Gasteiger partial charge in [0.25, 0.3) is 0 Å². The van der Waals surface area contributed by atoms with Crippen LogP contribution in [0.5, 0.6) is 0 Å². The molecule has 2 amide bonds. The fraction of sp³-hybridized carbons (Fsp3) is 0.318. The molecule has 8 heteroatoms. The van der Waals surface area contributed by atoms with Crippen molar-refractivity contribution < 1.29 is 18.7 Å². The first-order valence-corrected chi connectivity index (χ1v) is 9.94. The predicted molar refractivity (Wildman–Crippen MR) is 110 cm³/mol. The highest BCUT2D eigenvalue weighted by Gasteiger charge is 2.27. The number of aromatic nitrogens is 2. The Hall–Kier alpha value is -3.26. The number of benzene rings is 2. The quantitative estimate of drug-likeness (QED) is 0.654. The van der Waals surface area contributed by atoms with E-state index in [1.165, 1.54) is 24.3 Å². The van der Waals surface area contributed by atoms with Crippen LogP contribution in [0.15, 0.2) is 48.5 Å². The third-order valence-electron chi connectivity index (χ3n) is 5.08. The van der Waals surface area contributed by atoms with Crippen LogP contribution in [0.4, 0.5) is 10.1 Å². The summed E-state index contributed by atoms with van der Waals surface area (Å²) in [6.07, 6.45) is 1.14. The average Bonchev–Trinajstić information content (AvgIpc) is 3.39. The van der Waals surface area contributed by atoms with Gasteiger partial charge in [-0.25, -0.2) is 9.37 Å². The molecule has 2 unspecified atom stereocenters. The summed E-state index contributed by atoms with van der Waals surface area (Å²) < 4.78 is 20.3. The van der Waals surface area contributed by atoms with Crippen LogP contribution in [0.1, 0.15) is 31.6 Å². The minimum absolute atomic E-state index is 0.00730. The summed E-state index contributed by atoms with van der Waals surface area (Å²) in [4.78, 5) is 29.8. The van der Waals surface area contributed by atoms with Gasteiger partial charge in [-0.15, -0.1) is 0 Å². The zero-order valence-corrected chi connectivity index (χ0v) is 16.6. The van der Waals surface area contributed by atoms with Crippen molar-refractivity contribution in [2.45, 2.75) is 38.5 Å². The zero-order chi connectivity index (χ0) is 21.1. The molecule has 3 aromatic rings. The highest BCUT2D eigenvalue weighted by molar-refractivity contribution is 5.91. The summed E-state index contributed by atoms with van der Waals surface area (Å²) in [6, 6.07) is 12.7. The number of imidazole rings is 1. The third kappa shape index (κ3) is 4.33. The minimum Gasteiger partial charge on any atom is -0.368 e. The van der Waals surface area contributed by atoms with Crippen LogP contribution in [-0.2, 0) is 20.9 Å². The Morgan fingerprint density at radius 3 is 2.73 bits per heavy atom. The number of fused-ring (bicyclic) bond motifs is 1. The van der Waals surface area contributed by atoms with Crippen molar-refractivity contribution in [3.63, 3.8) is 0 Å². The van der Waals surface area contributed by atoms with Gasteiger partial charge in [0.15, 0.2) is 0 Å². The Bertz CT molecular complexity index is 1060. The van der Waals surface area contributed by atoms with Crippen LogP contribution < -0.4 is 10.6 Å². The first-order valence-electron chi connectivity index (χ1n) is 9.94. The number of hydrogen-bond donors (Lipinski definition) is 2. The fourth-order valence-corrected chi connectivity index (χ4v) is 3.62. The molecule has 1 aliphatic heterocycles. The molecule has 1 saturated heterocycles. The molecule has 2 atom stereocenters. The van der Waals surface area contributed by atoms with Gasteiger partial charge in [0.2, 0.25) is 11.8 Å². The van der Waals surface area contributed by atoms with Crippen molar-refractivity contribution in [2.24, 2.45) is 0 Å². The summed E-state index contributed by atoms with van der Waals surface area (Å²) in [5.74, 6) is -0.235. The van der Waals surface area contributed by atoms with Crippen molar-refractivity contribution >= 4 is 28.5 Å². The standard InChI is InChI=1S/C22H23FN4O3/c1-14(24-22(29)19-7-4-12-30-19)21-26-17-5-2-3-6-18(17)27(21)13-20(28)25-16-10-8-15(23)9-11-16/h2-3,5-6,8-11,14,19H,4,7,12-13H2,1H3,(H,24,29)(H,25,28). The third-order valence-corrected chi connectivity index (χ3v) is 5.08. The van der Waals surface area contributed by atoms with E-state index in [-0.39, 0.29) is 24.2 Å². The van der Waals surface area contributed by atoms with E-state index in [1.54, 1.807) is 4.57 Å². The summed E-state index contributed by atoms with van der Waals surface area (Å²) in [7, 11) is 0. The second kappa shape index (κ2) is 8.62. The zero-order valence-electron chi connectivity index (χ0n) is 16.6. The largest absolute Gasteiger partial charge is 0.368 e. The van der Waals surface area contributed by atoms with Gasteiger partial charge < -0.3 is 19.9 Å². The number of para-hydroxylation sites is 2. The van der Waals surface area contributed by atoms with Gasteiger partial charge in [-0.2, -0.15) is 0 Å². The highest BCUT2D eigenvalue weighted by Crippen LogP contribution is 2.22. The molecular formula is C22H23FN4O3. The van der Waals surface area contributed by atoms with Gasteiger partial charge in [0.05, 0.1) is 17.1 Å². The second-order valence-electron chi connectivity index (χ2n) is 7.33. The molecule has 1 aliphatic rings.